The summed E-state index contributed by atoms with van der Waals surface area (Å²) in [5.41, 5.74) is 13.1. The van der Waals surface area contributed by atoms with E-state index < -0.39 is 0 Å². The number of hydrogen-bond donors (Lipinski definition) is 0. The number of hydrogen-bond acceptors (Lipinski definition) is 1. The fraction of sp³-hybridized carbons (Fsp3) is 0.0545. The molecule has 1 heterocycles. The van der Waals surface area contributed by atoms with Crippen molar-refractivity contribution in [1.29, 1.82) is 0 Å². The summed E-state index contributed by atoms with van der Waals surface area (Å²) < 4.78 is 2.75. The minimum Gasteiger partial charge on any atom is -0.135 e. The Balaban J connectivity index is 1.07. The van der Waals surface area contributed by atoms with E-state index in [-0.39, 0.29) is 5.41 Å². The highest BCUT2D eigenvalue weighted by Gasteiger charge is 2.37. The normalized spacial score (nSPS) is 13.3. The minimum absolute atomic E-state index is 0.131. The summed E-state index contributed by atoms with van der Waals surface area (Å²) in [5, 5.41) is 13.1. The van der Waals surface area contributed by atoms with Crippen molar-refractivity contribution in [2.45, 2.75) is 19.3 Å². The molecule has 0 spiro atoms. The third-order valence-corrected chi connectivity index (χ3v) is 13.9. The van der Waals surface area contributed by atoms with Crippen molar-refractivity contribution in [1.82, 2.24) is 0 Å². The van der Waals surface area contributed by atoms with Crippen LogP contribution in [0.1, 0.15) is 25.0 Å². The average molecular weight is 729 g/mol. The largest absolute Gasteiger partial charge is 0.135 e. The predicted molar refractivity (Wildman–Crippen MR) is 243 cm³/mol. The molecule has 0 atom stereocenters. The van der Waals surface area contributed by atoms with Crippen molar-refractivity contribution in [3.63, 3.8) is 0 Å². The van der Waals surface area contributed by atoms with Crippen LogP contribution in [0, 0.1) is 0 Å². The van der Waals surface area contributed by atoms with Gasteiger partial charge in [-0.15, -0.1) is 11.3 Å². The predicted octanol–water partition coefficient (Wildman–Crippen LogP) is 16.0. The van der Waals surface area contributed by atoms with Crippen LogP contribution in [-0.4, -0.2) is 0 Å². The van der Waals surface area contributed by atoms with Gasteiger partial charge in [-0.1, -0.05) is 184 Å². The monoisotopic (exact) mass is 728 g/mol. The second-order valence-corrected chi connectivity index (χ2v) is 17.0. The number of thiophene rings is 1. The lowest BCUT2D eigenvalue weighted by Crippen LogP contribution is -2.14. The van der Waals surface area contributed by atoms with Crippen molar-refractivity contribution in [2.75, 3.05) is 0 Å². The maximum atomic E-state index is 2.49. The molecule has 0 bridgehead atoms. The summed E-state index contributed by atoms with van der Waals surface area (Å²) in [5.74, 6) is 0. The summed E-state index contributed by atoms with van der Waals surface area (Å²) in [4.78, 5) is 0. The summed E-state index contributed by atoms with van der Waals surface area (Å²) in [6.07, 6.45) is 0. The van der Waals surface area contributed by atoms with Crippen LogP contribution in [-0.2, 0) is 5.41 Å². The molecule has 0 amide bonds. The van der Waals surface area contributed by atoms with Crippen molar-refractivity contribution in [2.24, 2.45) is 0 Å². The van der Waals surface area contributed by atoms with Crippen LogP contribution in [0.25, 0.3) is 108 Å². The minimum atomic E-state index is -0.131. The molecule has 0 nitrogen and oxygen atoms in total. The zero-order chi connectivity index (χ0) is 37.1. The second kappa shape index (κ2) is 11.7. The van der Waals surface area contributed by atoms with E-state index in [1.54, 1.807) is 0 Å². The molecule has 11 aromatic rings. The molecule has 1 heteroatoms. The van der Waals surface area contributed by atoms with Crippen LogP contribution in [0.5, 0.6) is 0 Å². The molecule has 0 saturated heterocycles. The van der Waals surface area contributed by atoms with E-state index in [4.69, 9.17) is 0 Å². The lowest BCUT2D eigenvalue weighted by molar-refractivity contribution is 0.661. The highest BCUT2D eigenvalue weighted by Crippen LogP contribution is 2.55. The molecule has 1 aliphatic carbocycles. The summed E-state index contributed by atoms with van der Waals surface area (Å²) in [6, 6.07) is 68.1. The maximum absolute atomic E-state index is 2.49. The van der Waals surface area contributed by atoms with Crippen LogP contribution in [0.4, 0.5) is 0 Å². The first kappa shape index (κ1) is 31.8. The van der Waals surface area contributed by atoms with E-state index in [0.29, 0.717) is 0 Å². The van der Waals surface area contributed by atoms with Crippen molar-refractivity contribution >= 4 is 74.6 Å². The zero-order valence-electron chi connectivity index (χ0n) is 31.2. The highest BCUT2D eigenvalue weighted by atomic mass is 32.1. The van der Waals surface area contributed by atoms with Gasteiger partial charge < -0.3 is 0 Å². The first-order valence-electron chi connectivity index (χ1n) is 19.6. The fourth-order valence-electron chi connectivity index (χ4n) is 10.1. The lowest BCUT2D eigenvalue weighted by atomic mass is 9.81. The van der Waals surface area contributed by atoms with Crippen molar-refractivity contribution in [3.05, 3.63) is 193 Å². The highest BCUT2D eigenvalue weighted by molar-refractivity contribution is 7.26. The van der Waals surface area contributed by atoms with Crippen LogP contribution >= 0.6 is 11.3 Å². The van der Waals surface area contributed by atoms with E-state index in [1.165, 1.54) is 119 Å². The van der Waals surface area contributed by atoms with Gasteiger partial charge in [0.05, 0.1) is 0 Å². The summed E-state index contributed by atoms with van der Waals surface area (Å²) in [6.45, 7) is 4.82. The Bertz CT molecular complexity index is 3380. The first-order valence-corrected chi connectivity index (χ1v) is 20.4. The van der Waals surface area contributed by atoms with Gasteiger partial charge in [-0.2, -0.15) is 0 Å². The smallest absolute Gasteiger partial charge is 0.0434 e. The first-order chi connectivity index (χ1) is 27.6. The molecule has 56 heavy (non-hydrogen) atoms. The summed E-state index contributed by atoms with van der Waals surface area (Å²) in [7, 11) is 0. The Morgan fingerprint density at radius 1 is 0.357 bits per heavy atom. The molecule has 10 aromatic carbocycles. The Hall–Kier alpha value is -6.54. The van der Waals surface area contributed by atoms with Crippen LogP contribution < -0.4 is 0 Å². The van der Waals surface area contributed by atoms with Crippen molar-refractivity contribution in [3.8, 4) is 44.5 Å². The van der Waals surface area contributed by atoms with Gasteiger partial charge in [-0.05, 0) is 111 Å². The molecular formula is C55H36S. The van der Waals surface area contributed by atoms with E-state index in [1.807, 2.05) is 11.3 Å². The maximum Gasteiger partial charge on any atom is 0.0434 e. The van der Waals surface area contributed by atoms with Gasteiger partial charge in [-0.3, -0.25) is 0 Å². The Morgan fingerprint density at radius 3 is 1.64 bits per heavy atom. The van der Waals surface area contributed by atoms with Crippen LogP contribution in [0.2, 0.25) is 0 Å². The molecule has 0 unspecified atom stereocenters. The van der Waals surface area contributed by atoms with Gasteiger partial charge in [-0.25, -0.2) is 0 Å². The summed E-state index contributed by atoms with van der Waals surface area (Å²) >= 11 is 1.93. The number of fused-ring (bicyclic) bond motifs is 12. The van der Waals surface area contributed by atoms with E-state index in [9.17, 15) is 0 Å². The van der Waals surface area contributed by atoms with Gasteiger partial charge >= 0.3 is 0 Å². The molecule has 0 saturated carbocycles. The molecule has 0 aliphatic heterocycles. The van der Waals surface area contributed by atoms with Gasteiger partial charge in [0.1, 0.15) is 0 Å². The fourth-order valence-corrected chi connectivity index (χ4v) is 11.3. The molecule has 12 rings (SSSR count). The molecular weight excluding hydrogens is 693 g/mol. The molecule has 1 aromatic heterocycles. The van der Waals surface area contributed by atoms with Crippen LogP contribution in [0.15, 0.2) is 182 Å². The Labute approximate surface area is 329 Å². The zero-order valence-corrected chi connectivity index (χ0v) is 32.0. The SMILES string of the molecule is CC1(C)c2cc(-c3ccc(-c4c5ccccc5c(-c5ccccc5)c5ccccc45)c4ccccc34)ccc2-c2c1ccc1sc3c4ccccc4ccc3c21. The third-order valence-electron chi connectivity index (χ3n) is 12.7. The Kier molecular flexibility index (Phi) is 6.66. The van der Waals surface area contributed by atoms with E-state index >= 15 is 0 Å². The molecule has 1 aliphatic rings. The average Bonchev–Trinajstić information content (AvgIpc) is 3.74. The number of benzene rings is 10. The quantitative estimate of drug-likeness (QED) is 0.159. The van der Waals surface area contributed by atoms with Crippen LogP contribution in [0.3, 0.4) is 0 Å². The van der Waals surface area contributed by atoms with E-state index in [0.717, 1.165) is 0 Å². The topological polar surface area (TPSA) is 0 Å². The molecule has 262 valence electrons. The van der Waals surface area contributed by atoms with Gasteiger partial charge in [0.2, 0.25) is 0 Å². The van der Waals surface area contributed by atoms with Gasteiger partial charge in [0.15, 0.2) is 0 Å². The standard InChI is InChI=1S/C55H36S/c1-55(2)47-30-31-49-53(46-27-24-33-14-6-7-17-37(33)54(46)56-49)52(47)45-26-25-35(32-48(45)55)36-28-29-44(39-19-9-8-18-38(36)39)51-42-22-12-10-20-40(42)50(34-15-4-3-5-16-34)41-21-11-13-23-43(41)51/h3-32H,1-2H3. The van der Waals surface area contributed by atoms with E-state index in [2.05, 4.69) is 196 Å². The van der Waals surface area contributed by atoms with Crippen molar-refractivity contribution < 1.29 is 0 Å². The number of rotatable bonds is 3. The molecule has 0 radical (unpaired) electrons. The third kappa shape index (κ3) is 4.35. The lowest BCUT2D eigenvalue weighted by Gasteiger charge is -2.22. The van der Waals surface area contributed by atoms with Gasteiger partial charge in [0, 0.05) is 25.6 Å². The molecule has 0 N–H and O–H groups in total. The van der Waals surface area contributed by atoms with Gasteiger partial charge in [0.25, 0.3) is 0 Å². The Morgan fingerprint density at radius 2 is 0.929 bits per heavy atom. The second-order valence-electron chi connectivity index (χ2n) is 15.9. The molecule has 0 fully saturated rings.